The van der Waals surface area contributed by atoms with Crippen molar-refractivity contribution in [2.24, 2.45) is 5.92 Å². The molecule has 8 nitrogen and oxygen atoms in total. The topological polar surface area (TPSA) is 113 Å². The second-order valence-corrected chi connectivity index (χ2v) is 10.4. The molecule has 176 valence electrons. The molecule has 3 rings (SSSR count). The minimum atomic E-state index is -3.99. The number of nitrogens with zero attached hydrogens (tertiary/aromatic N) is 1. The highest BCUT2D eigenvalue weighted by atomic mass is 32.2. The Balaban J connectivity index is 1.82. The lowest BCUT2D eigenvalue weighted by molar-refractivity contribution is -0.118. The number of Topliss-reactive ketones (excluding diaryl/α,β-unsaturated/α-hetero) is 1. The second-order valence-electron chi connectivity index (χ2n) is 8.64. The van der Waals surface area contributed by atoms with E-state index in [2.05, 4.69) is 10.0 Å². The van der Waals surface area contributed by atoms with Crippen molar-refractivity contribution < 1.29 is 22.8 Å². The van der Waals surface area contributed by atoms with E-state index < -0.39 is 22.0 Å². The lowest BCUT2D eigenvalue weighted by Gasteiger charge is -2.21. The summed E-state index contributed by atoms with van der Waals surface area (Å²) in [7, 11) is -3.99. The summed E-state index contributed by atoms with van der Waals surface area (Å²) in [5.74, 6) is -0.677. The molecule has 1 aliphatic heterocycles. The van der Waals surface area contributed by atoms with Crippen LogP contribution in [0.4, 0.5) is 11.4 Å². The summed E-state index contributed by atoms with van der Waals surface area (Å²) in [4.78, 5) is 38.0. The van der Waals surface area contributed by atoms with Gasteiger partial charge in [-0.15, -0.1) is 0 Å². The summed E-state index contributed by atoms with van der Waals surface area (Å²) in [6.07, 6.45) is 0.862. The monoisotopic (exact) mass is 471 g/mol. The molecule has 0 bridgehead atoms. The summed E-state index contributed by atoms with van der Waals surface area (Å²) in [5, 5.41) is 2.71. The predicted octanol–water partition coefficient (Wildman–Crippen LogP) is 3.13. The molecule has 1 atom stereocenters. The minimum absolute atomic E-state index is 0.0479. The second kappa shape index (κ2) is 9.84. The van der Waals surface area contributed by atoms with E-state index >= 15 is 0 Å². The lowest BCUT2D eigenvalue weighted by Crippen LogP contribution is -2.44. The third-order valence-corrected chi connectivity index (χ3v) is 6.96. The normalized spacial score (nSPS) is 14.2. The Morgan fingerprint density at radius 3 is 2.42 bits per heavy atom. The molecule has 0 aliphatic carbocycles. The van der Waals surface area contributed by atoms with E-state index in [0.717, 1.165) is 5.56 Å². The van der Waals surface area contributed by atoms with Gasteiger partial charge in [-0.1, -0.05) is 26.0 Å². The maximum atomic E-state index is 13.1. The van der Waals surface area contributed by atoms with Crippen LogP contribution >= 0.6 is 0 Å². The molecule has 0 saturated heterocycles. The van der Waals surface area contributed by atoms with Gasteiger partial charge in [-0.2, -0.15) is 4.72 Å². The van der Waals surface area contributed by atoms with Crippen LogP contribution in [0.1, 0.15) is 50.0 Å². The number of nitrogens with one attached hydrogen (secondary N) is 2. The molecule has 0 fully saturated rings. The summed E-state index contributed by atoms with van der Waals surface area (Å²) in [5.41, 5.74) is 2.36. The molecular formula is C24H29N3O5S. The fourth-order valence-corrected chi connectivity index (χ4v) is 5.11. The smallest absolute Gasteiger partial charge is 0.242 e. The summed E-state index contributed by atoms with van der Waals surface area (Å²) in [6.45, 7) is 7.22. The SMILES string of the molecule is CC(=O)c1cccc(NC(=O)[C@@H](CC(C)C)NS(=O)(=O)c2ccc3c(c2)CCN3C(C)=O)c1. The fraction of sp³-hybridized carbons (Fsp3) is 0.375. The predicted molar refractivity (Wildman–Crippen MR) is 127 cm³/mol. The van der Waals surface area contributed by atoms with Crippen LogP contribution < -0.4 is 14.9 Å². The van der Waals surface area contributed by atoms with E-state index in [1.165, 1.54) is 19.9 Å². The van der Waals surface area contributed by atoms with Gasteiger partial charge in [0, 0.05) is 30.4 Å². The van der Waals surface area contributed by atoms with E-state index in [1.807, 2.05) is 13.8 Å². The molecule has 2 aromatic carbocycles. The number of hydrogen-bond donors (Lipinski definition) is 2. The van der Waals surface area contributed by atoms with Gasteiger partial charge in [0.05, 0.1) is 4.90 Å². The Kier molecular flexibility index (Phi) is 7.34. The highest BCUT2D eigenvalue weighted by Crippen LogP contribution is 2.30. The van der Waals surface area contributed by atoms with Gasteiger partial charge in [-0.3, -0.25) is 14.4 Å². The molecule has 1 heterocycles. The summed E-state index contributed by atoms with van der Waals surface area (Å²) >= 11 is 0. The standard InChI is InChI=1S/C24H29N3O5S/c1-15(2)12-22(24(30)25-20-7-5-6-18(13-20)16(3)28)26-33(31,32)21-8-9-23-19(14-21)10-11-27(23)17(4)29/h5-9,13-15,22,26H,10-12H2,1-4H3,(H,25,30)/t22-/m1/s1. The number of fused-ring (bicyclic) bond motifs is 1. The molecule has 0 unspecified atom stereocenters. The van der Waals surface area contributed by atoms with Crippen LogP contribution in [0.15, 0.2) is 47.4 Å². The first-order valence-electron chi connectivity index (χ1n) is 10.8. The molecule has 2 amide bonds. The molecule has 0 aromatic heterocycles. The van der Waals surface area contributed by atoms with Crippen molar-refractivity contribution in [2.45, 2.75) is 51.5 Å². The van der Waals surface area contributed by atoms with Crippen molar-refractivity contribution in [3.05, 3.63) is 53.6 Å². The van der Waals surface area contributed by atoms with Gasteiger partial charge < -0.3 is 10.2 Å². The van der Waals surface area contributed by atoms with Crippen LogP contribution in [0.5, 0.6) is 0 Å². The van der Waals surface area contributed by atoms with Crippen LogP contribution in [0, 0.1) is 5.92 Å². The Hall–Kier alpha value is -3.04. The molecule has 33 heavy (non-hydrogen) atoms. The summed E-state index contributed by atoms with van der Waals surface area (Å²) in [6, 6.07) is 10.1. The zero-order valence-electron chi connectivity index (χ0n) is 19.2. The van der Waals surface area contributed by atoms with Crippen LogP contribution in [0.2, 0.25) is 0 Å². The zero-order valence-corrected chi connectivity index (χ0v) is 20.0. The van der Waals surface area contributed by atoms with Gasteiger partial charge in [0.25, 0.3) is 0 Å². The van der Waals surface area contributed by atoms with Crippen LogP contribution in [0.25, 0.3) is 0 Å². The Labute approximate surface area is 194 Å². The third-order valence-electron chi connectivity index (χ3n) is 5.49. The lowest BCUT2D eigenvalue weighted by atomic mass is 10.0. The van der Waals surface area contributed by atoms with Gasteiger partial charge >= 0.3 is 0 Å². The van der Waals surface area contributed by atoms with E-state index in [0.29, 0.717) is 36.3 Å². The number of carbonyl (C=O) groups is 3. The van der Waals surface area contributed by atoms with Crippen molar-refractivity contribution in [1.29, 1.82) is 0 Å². The van der Waals surface area contributed by atoms with Crippen molar-refractivity contribution >= 4 is 39.0 Å². The number of rotatable bonds is 8. The van der Waals surface area contributed by atoms with Gasteiger partial charge in [-0.05, 0) is 61.6 Å². The minimum Gasteiger partial charge on any atom is -0.325 e. The number of ketones is 1. The van der Waals surface area contributed by atoms with Gasteiger partial charge in [0.15, 0.2) is 5.78 Å². The number of amides is 2. The highest BCUT2D eigenvalue weighted by Gasteiger charge is 2.29. The molecule has 2 N–H and O–H groups in total. The number of carbonyl (C=O) groups excluding carboxylic acids is 3. The molecule has 0 saturated carbocycles. The van der Waals surface area contributed by atoms with E-state index in [-0.39, 0.29) is 22.5 Å². The molecular weight excluding hydrogens is 442 g/mol. The molecule has 1 aliphatic rings. The molecule has 0 spiro atoms. The number of hydrogen-bond acceptors (Lipinski definition) is 5. The van der Waals surface area contributed by atoms with Crippen LogP contribution in [0.3, 0.4) is 0 Å². The maximum absolute atomic E-state index is 13.1. The van der Waals surface area contributed by atoms with Crippen molar-refractivity contribution in [3.8, 4) is 0 Å². The third kappa shape index (κ3) is 5.85. The highest BCUT2D eigenvalue weighted by molar-refractivity contribution is 7.89. The van der Waals surface area contributed by atoms with E-state index in [9.17, 15) is 22.8 Å². The molecule has 9 heteroatoms. The average molecular weight is 472 g/mol. The largest absolute Gasteiger partial charge is 0.325 e. The van der Waals surface area contributed by atoms with Crippen molar-refractivity contribution in [1.82, 2.24) is 4.72 Å². The number of anilines is 2. The van der Waals surface area contributed by atoms with Crippen molar-refractivity contribution in [2.75, 3.05) is 16.8 Å². The maximum Gasteiger partial charge on any atom is 0.242 e. The van der Waals surface area contributed by atoms with E-state index in [1.54, 1.807) is 41.3 Å². The van der Waals surface area contributed by atoms with Gasteiger partial charge in [0.2, 0.25) is 21.8 Å². The Bertz CT molecular complexity index is 1190. The zero-order chi connectivity index (χ0) is 24.3. The first-order chi connectivity index (χ1) is 15.5. The van der Waals surface area contributed by atoms with E-state index in [4.69, 9.17) is 0 Å². The van der Waals surface area contributed by atoms with Gasteiger partial charge in [-0.25, -0.2) is 8.42 Å². The first kappa shape index (κ1) is 24.6. The van der Waals surface area contributed by atoms with Crippen molar-refractivity contribution in [3.63, 3.8) is 0 Å². The Morgan fingerprint density at radius 1 is 1.06 bits per heavy atom. The average Bonchev–Trinajstić information content (AvgIpc) is 3.16. The number of sulfonamides is 1. The molecule has 0 radical (unpaired) electrons. The van der Waals surface area contributed by atoms with Crippen LogP contribution in [-0.2, 0) is 26.0 Å². The van der Waals surface area contributed by atoms with Gasteiger partial charge in [0.1, 0.15) is 6.04 Å². The fourth-order valence-electron chi connectivity index (χ4n) is 3.85. The summed E-state index contributed by atoms with van der Waals surface area (Å²) < 4.78 is 28.8. The quantitative estimate of drug-likeness (QED) is 0.575. The molecule has 2 aromatic rings. The Morgan fingerprint density at radius 2 is 1.79 bits per heavy atom. The van der Waals surface area contributed by atoms with Crippen LogP contribution in [-0.4, -0.2) is 38.6 Å². The first-order valence-corrected chi connectivity index (χ1v) is 12.3. The number of benzene rings is 2.